The van der Waals surface area contributed by atoms with E-state index in [0.717, 1.165) is 39.3 Å². The maximum atomic E-state index is 9.44. The number of hydrogen-bond acceptors (Lipinski definition) is 6. The lowest BCUT2D eigenvalue weighted by Gasteiger charge is -2.12. The Bertz CT molecular complexity index is 1410. The van der Waals surface area contributed by atoms with E-state index in [9.17, 15) is 5.11 Å². The van der Waals surface area contributed by atoms with Crippen molar-refractivity contribution in [3.8, 4) is 34.1 Å². The van der Waals surface area contributed by atoms with E-state index >= 15 is 0 Å². The zero-order valence-electron chi connectivity index (χ0n) is 17.4. The van der Waals surface area contributed by atoms with Crippen molar-refractivity contribution in [3.05, 3.63) is 84.6 Å². The average Bonchev–Trinajstić information content (AvgIpc) is 3.22. The standard InChI is InChI=1S/C25H21N5O2/c1-32-22-7-3-2-5-18(22)20-12-13-21-25(28-20)30(17-10-8-16(15-31)9-11-17)24(29-21)19-6-4-14-27-23(19)26/h2-14,31H,15H2,1H3,(H2,26,27). The molecule has 3 heterocycles. The van der Waals surface area contributed by atoms with Gasteiger partial charge in [-0.15, -0.1) is 0 Å². The zero-order valence-corrected chi connectivity index (χ0v) is 17.4. The minimum absolute atomic E-state index is 0.0242. The highest BCUT2D eigenvalue weighted by atomic mass is 16.5. The summed E-state index contributed by atoms with van der Waals surface area (Å²) in [5, 5.41) is 9.44. The molecule has 0 aliphatic heterocycles. The van der Waals surface area contributed by atoms with Crippen molar-refractivity contribution in [2.75, 3.05) is 12.8 Å². The number of rotatable bonds is 5. The van der Waals surface area contributed by atoms with Crippen molar-refractivity contribution in [2.45, 2.75) is 6.61 Å². The Labute approximate surface area is 184 Å². The summed E-state index contributed by atoms with van der Waals surface area (Å²) in [4.78, 5) is 14.0. The van der Waals surface area contributed by atoms with Gasteiger partial charge in [-0.05, 0) is 54.1 Å². The number of pyridine rings is 2. The minimum atomic E-state index is -0.0242. The van der Waals surface area contributed by atoms with Crippen molar-refractivity contribution < 1.29 is 9.84 Å². The van der Waals surface area contributed by atoms with Gasteiger partial charge in [0.05, 0.1) is 25.0 Å². The van der Waals surface area contributed by atoms with Crippen molar-refractivity contribution in [3.63, 3.8) is 0 Å². The van der Waals surface area contributed by atoms with Crippen molar-refractivity contribution in [1.29, 1.82) is 0 Å². The summed E-state index contributed by atoms with van der Waals surface area (Å²) < 4.78 is 7.49. The summed E-state index contributed by atoms with van der Waals surface area (Å²) in [7, 11) is 1.65. The number of benzene rings is 2. The number of nitrogens with two attached hydrogens (primary N) is 1. The van der Waals surface area contributed by atoms with Gasteiger partial charge in [0.25, 0.3) is 0 Å². The Balaban J connectivity index is 1.79. The first kappa shape index (κ1) is 19.7. The highest BCUT2D eigenvalue weighted by Crippen LogP contribution is 2.33. The first-order valence-electron chi connectivity index (χ1n) is 10.1. The van der Waals surface area contributed by atoms with Gasteiger partial charge in [0, 0.05) is 17.4 Å². The summed E-state index contributed by atoms with van der Waals surface area (Å²) in [5.74, 6) is 1.78. The van der Waals surface area contributed by atoms with Crippen LogP contribution >= 0.6 is 0 Å². The lowest BCUT2D eigenvalue weighted by Crippen LogP contribution is -2.02. The van der Waals surface area contributed by atoms with Gasteiger partial charge in [-0.3, -0.25) is 4.57 Å². The zero-order chi connectivity index (χ0) is 22.1. The van der Waals surface area contributed by atoms with Crippen LogP contribution in [0.1, 0.15) is 5.56 Å². The van der Waals surface area contributed by atoms with Crippen molar-refractivity contribution in [2.24, 2.45) is 0 Å². The topological polar surface area (TPSA) is 99.1 Å². The molecule has 0 spiro atoms. The number of nitrogen functional groups attached to an aromatic ring is 1. The third kappa shape index (κ3) is 3.34. The largest absolute Gasteiger partial charge is 0.496 e. The number of aromatic nitrogens is 4. The molecule has 2 aromatic carbocycles. The first-order valence-corrected chi connectivity index (χ1v) is 10.1. The van der Waals surface area contributed by atoms with Gasteiger partial charge in [-0.2, -0.15) is 0 Å². The van der Waals surface area contributed by atoms with Crippen LogP contribution in [0.5, 0.6) is 5.75 Å². The van der Waals surface area contributed by atoms with Crippen LogP contribution in [0.2, 0.25) is 0 Å². The molecule has 158 valence electrons. The Morgan fingerprint density at radius 1 is 0.906 bits per heavy atom. The van der Waals surface area contributed by atoms with Gasteiger partial charge in [-0.1, -0.05) is 24.3 Å². The highest BCUT2D eigenvalue weighted by molar-refractivity contribution is 5.85. The molecule has 0 saturated carbocycles. The second-order valence-corrected chi connectivity index (χ2v) is 7.27. The number of hydrogen-bond donors (Lipinski definition) is 2. The summed E-state index contributed by atoms with van der Waals surface area (Å²) in [5.41, 5.74) is 11.7. The number of methoxy groups -OCH3 is 1. The fraction of sp³-hybridized carbons (Fsp3) is 0.0800. The van der Waals surface area contributed by atoms with E-state index in [4.69, 9.17) is 20.4 Å². The molecule has 3 aromatic heterocycles. The van der Waals surface area contributed by atoms with Crippen LogP contribution in [0.15, 0.2) is 79.0 Å². The minimum Gasteiger partial charge on any atom is -0.496 e. The van der Waals surface area contributed by atoms with Crippen LogP contribution in [-0.2, 0) is 6.61 Å². The molecule has 0 atom stereocenters. The fourth-order valence-corrected chi connectivity index (χ4v) is 3.75. The maximum Gasteiger partial charge on any atom is 0.165 e. The van der Waals surface area contributed by atoms with Crippen LogP contribution in [0.25, 0.3) is 39.5 Å². The van der Waals surface area contributed by atoms with E-state index in [2.05, 4.69) is 4.98 Å². The Hall–Kier alpha value is -4.23. The summed E-state index contributed by atoms with van der Waals surface area (Å²) in [6, 6.07) is 23.0. The lowest BCUT2D eigenvalue weighted by molar-refractivity contribution is 0.282. The number of para-hydroxylation sites is 1. The van der Waals surface area contributed by atoms with E-state index in [1.54, 1.807) is 13.3 Å². The van der Waals surface area contributed by atoms with Gasteiger partial charge < -0.3 is 15.6 Å². The van der Waals surface area contributed by atoms with Gasteiger partial charge in [0.15, 0.2) is 11.5 Å². The number of aliphatic hydroxyl groups is 1. The maximum absolute atomic E-state index is 9.44. The van der Waals surface area contributed by atoms with E-state index in [1.807, 2.05) is 77.4 Å². The molecule has 0 aliphatic rings. The molecule has 0 bridgehead atoms. The Kier molecular flexibility index (Phi) is 5.01. The van der Waals surface area contributed by atoms with Crippen LogP contribution in [-0.4, -0.2) is 31.7 Å². The molecule has 0 amide bonds. The molecule has 7 heteroatoms. The molecular formula is C25H21N5O2. The molecule has 5 aromatic rings. The van der Waals surface area contributed by atoms with Crippen molar-refractivity contribution >= 4 is 17.0 Å². The highest BCUT2D eigenvalue weighted by Gasteiger charge is 2.19. The second-order valence-electron chi connectivity index (χ2n) is 7.27. The number of imidazole rings is 1. The first-order chi connectivity index (χ1) is 15.7. The molecule has 0 fully saturated rings. The number of ether oxygens (including phenoxy) is 1. The predicted octanol–water partition coefficient (Wildman–Crippen LogP) is 4.23. The second kappa shape index (κ2) is 8.13. The third-order valence-electron chi connectivity index (χ3n) is 5.34. The average molecular weight is 423 g/mol. The quantitative estimate of drug-likeness (QED) is 0.439. The van der Waals surface area contributed by atoms with Crippen LogP contribution in [0.4, 0.5) is 5.82 Å². The Morgan fingerprint density at radius 3 is 2.44 bits per heavy atom. The molecule has 0 saturated heterocycles. The van der Waals surface area contributed by atoms with Gasteiger partial charge in [0.2, 0.25) is 0 Å². The smallest absolute Gasteiger partial charge is 0.165 e. The predicted molar refractivity (Wildman–Crippen MR) is 124 cm³/mol. The SMILES string of the molecule is COc1ccccc1-c1ccc2nc(-c3cccnc3N)n(-c3ccc(CO)cc3)c2n1. The van der Waals surface area contributed by atoms with Crippen LogP contribution < -0.4 is 10.5 Å². The fourth-order valence-electron chi connectivity index (χ4n) is 3.75. The lowest BCUT2D eigenvalue weighted by atomic mass is 10.1. The summed E-state index contributed by atoms with van der Waals surface area (Å²) >= 11 is 0. The summed E-state index contributed by atoms with van der Waals surface area (Å²) in [6.45, 7) is -0.0242. The molecule has 0 unspecified atom stereocenters. The Morgan fingerprint density at radius 2 is 1.69 bits per heavy atom. The normalized spacial score (nSPS) is 11.1. The summed E-state index contributed by atoms with van der Waals surface area (Å²) in [6.07, 6.45) is 1.65. The molecular weight excluding hydrogens is 402 g/mol. The number of aliphatic hydroxyl groups excluding tert-OH is 1. The van der Waals surface area contributed by atoms with E-state index in [0.29, 0.717) is 17.3 Å². The molecule has 5 rings (SSSR count). The van der Waals surface area contributed by atoms with E-state index in [1.165, 1.54) is 0 Å². The molecule has 0 aliphatic carbocycles. The monoisotopic (exact) mass is 423 g/mol. The van der Waals surface area contributed by atoms with Crippen LogP contribution in [0, 0.1) is 0 Å². The number of anilines is 1. The molecule has 3 N–H and O–H groups in total. The molecule has 0 radical (unpaired) electrons. The van der Waals surface area contributed by atoms with Crippen molar-refractivity contribution in [1.82, 2.24) is 19.5 Å². The van der Waals surface area contributed by atoms with Gasteiger partial charge in [-0.25, -0.2) is 15.0 Å². The number of nitrogens with zero attached hydrogens (tertiary/aromatic N) is 4. The number of fused-ring (bicyclic) bond motifs is 1. The molecule has 32 heavy (non-hydrogen) atoms. The van der Waals surface area contributed by atoms with E-state index in [-0.39, 0.29) is 6.61 Å². The van der Waals surface area contributed by atoms with Gasteiger partial charge >= 0.3 is 0 Å². The van der Waals surface area contributed by atoms with E-state index < -0.39 is 0 Å². The van der Waals surface area contributed by atoms with Gasteiger partial charge in [0.1, 0.15) is 17.1 Å². The third-order valence-corrected chi connectivity index (χ3v) is 5.34. The molecule has 7 nitrogen and oxygen atoms in total. The van der Waals surface area contributed by atoms with Crippen LogP contribution in [0.3, 0.4) is 0 Å².